The normalized spacial score (nSPS) is 11.3. The fourth-order valence-corrected chi connectivity index (χ4v) is 2.26. The van der Waals surface area contributed by atoms with Gasteiger partial charge in [0.05, 0.1) is 19.3 Å². The van der Waals surface area contributed by atoms with Crippen LogP contribution in [0.3, 0.4) is 0 Å². The van der Waals surface area contributed by atoms with Crippen LogP contribution in [0, 0.1) is 6.92 Å². The topological polar surface area (TPSA) is 43.4 Å². The van der Waals surface area contributed by atoms with Gasteiger partial charge in [0.15, 0.2) is 9.84 Å². The van der Waals surface area contributed by atoms with Gasteiger partial charge in [-0.25, -0.2) is 8.42 Å². The number of hydrogen-bond donors (Lipinski definition) is 0. The Balaban J connectivity index is 2.99. The molecule has 0 aromatic heterocycles. The lowest BCUT2D eigenvalue weighted by molar-refractivity contribution is 0.340. The van der Waals surface area contributed by atoms with Gasteiger partial charge in [0.25, 0.3) is 0 Å². The van der Waals surface area contributed by atoms with Crippen LogP contribution in [0.25, 0.3) is 0 Å². The monoisotopic (exact) mass is 224 g/mol. The van der Waals surface area contributed by atoms with Crippen molar-refractivity contribution in [3.63, 3.8) is 0 Å². The van der Waals surface area contributed by atoms with Crippen LogP contribution >= 0.6 is 0 Å². The van der Waals surface area contributed by atoms with Gasteiger partial charge in [0, 0.05) is 6.26 Å². The second kappa shape index (κ2) is 4.70. The Morgan fingerprint density at radius 1 is 1.40 bits per heavy atom. The lowest BCUT2D eigenvalue weighted by Gasteiger charge is -2.08. The van der Waals surface area contributed by atoms with E-state index in [-0.39, 0.29) is 0 Å². The Bertz CT molecular complexity index is 440. The van der Waals surface area contributed by atoms with Gasteiger partial charge in [-0.05, 0) is 30.7 Å². The van der Waals surface area contributed by atoms with Gasteiger partial charge >= 0.3 is 0 Å². The first-order valence-electron chi connectivity index (χ1n) is 4.58. The number of benzene rings is 1. The SMILES string of the molecule is [B]CCOc1ccc(S(C)(=O)=O)c(C)c1. The molecule has 2 radical (unpaired) electrons. The molecule has 0 aliphatic heterocycles. The van der Waals surface area contributed by atoms with E-state index in [4.69, 9.17) is 12.6 Å². The predicted octanol–water partition coefficient (Wildman–Crippen LogP) is 1.36. The van der Waals surface area contributed by atoms with E-state index in [1.165, 1.54) is 6.26 Å². The van der Waals surface area contributed by atoms with Crippen molar-refractivity contribution >= 4 is 17.7 Å². The summed E-state index contributed by atoms with van der Waals surface area (Å²) in [6.45, 7) is 2.17. The molecule has 0 unspecified atom stereocenters. The van der Waals surface area contributed by atoms with Crippen LogP contribution in [0.5, 0.6) is 5.75 Å². The Kier molecular flexibility index (Phi) is 3.80. The van der Waals surface area contributed by atoms with Gasteiger partial charge in [0.2, 0.25) is 0 Å². The third-order valence-electron chi connectivity index (χ3n) is 1.93. The van der Waals surface area contributed by atoms with Crippen molar-refractivity contribution in [2.45, 2.75) is 18.1 Å². The van der Waals surface area contributed by atoms with Crippen LogP contribution in [-0.4, -0.2) is 29.1 Å². The zero-order chi connectivity index (χ0) is 11.5. The number of hydrogen-bond acceptors (Lipinski definition) is 3. The largest absolute Gasteiger partial charge is 0.494 e. The van der Waals surface area contributed by atoms with Gasteiger partial charge in [0.1, 0.15) is 5.75 Å². The van der Waals surface area contributed by atoms with Gasteiger partial charge in [-0.3, -0.25) is 0 Å². The molecule has 1 aromatic rings. The van der Waals surface area contributed by atoms with Gasteiger partial charge < -0.3 is 4.74 Å². The molecule has 1 rings (SSSR count). The molecule has 0 aliphatic carbocycles. The van der Waals surface area contributed by atoms with Crippen molar-refractivity contribution in [1.29, 1.82) is 0 Å². The minimum atomic E-state index is -3.15. The van der Waals surface area contributed by atoms with E-state index >= 15 is 0 Å². The van der Waals surface area contributed by atoms with E-state index in [1.54, 1.807) is 25.1 Å². The third kappa shape index (κ3) is 3.27. The molecular weight excluding hydrogens is 211 g/mol. The number of sulfone groups is 1. The highest BCUT2D eigenvalue weighted by atomic mass is 32.2. The van der Waals surface area contributed by atoms with Crippen LogP contribution < -0.4 is 4.74 Å². The first-order chi connectivity index (χ1) is 6.95. The van der Waals surface area contributed by atoms with Gasteiger partial charge in [-0.2, -0.15) is 0 Å². The average Bonchev–Trinajstić information content (AvgIpc) is 2.12. The standard InChI is InChI=1S/C10H13BO3S/c1-8-7-9(14-6-5-11)3-4-10(8)15(2,12)13/h3-4,7H,5-6H2,1-2H3. The van der Waals surface area contributed by atoms with E-state index in [0.717, 1.165) is 0 Å². The molecule has 0 amide bonds. The zero-order valence-corrected chi connectivity index (χ0v) is 9.67. The van der Waals surface area contributed by atoms with E-state index < -0.39 is 9.84 Å². The van der Waals surface area contributed by atoms with Crippen LogP contribution in [0.4, 0.5) is 0 Å². The quantitative estimate of drug-likeness (QED) is 0.725. The van der Waals surface area contributed by atoms with Crippen molar-refractivity contribution < 1.29 is 13.2 Å². The maximum Gasteiger partial charge on any atom is 0.175 e. The smallest absolute Gasteiger partial charge is 0.175 e. The maximum absolute atomic E-state index is 11.3. The van der Waals surface area contributed by atoms with Gasteiger partial charge in [-0.1, -0.05) is 6.32 Å². The van der Waals surface area contributed by atoms with Crippen LogP contribution in [-0.2, 0) is 9.84 Å². The Hall–Kier alpha value is -0.965. The molecule has 0 spiro atoms. The van der Waals surface area contributed by atoms with E-state index in [2.05, 4.69) is 0 Å². The van der Waals surface area contributed by atoms with E-state index in [9.17, 15) is 8.42 Å². The second-order valence-corrected chi connectivity index (χ2v) is 5.32. The Labute approximate surface area is 91.8 Å². The van der Waals surface area contributed by atoms with Crippen molar-refractivity contribution in [2.24, 2.45) is 0 Å². The lowest BCUT2D eigenvalue weighted by Crippen LogP contribution is -2.01. The minimum absolute atomic E-state index is 0.336. The fourth-order valence-electron chi connectivity index (χ4n) is 1.30. The van der Waals surface area contributed by atoms with Crippen LogP contribution in [0.2, 0.25) is 6.32 Å². The van der Waals surface area contributed by atoms with Crippen molar-refractivity contribution in [2.75, 3.05) is 12.9 Å². The molecule has 0 bridgehead atoms. The minimum Gasteiger partial charge on any atom is -0.494 e. The lowest BCUT2D eigenvalue weighted by atomic mass is 10.1. The van der Waals surface area contributed by atoms with Crippen LogP contribution in [0.15, 0.2) is 23.1 Å². The predicted molar refractivity (Wildman–Crippen MR) is 60.3 cm³/mol. The van der Waals surface area contributed by atoms with Gasteiger partial charge in [-0.15, -0.1) is 0 Å². The fraction of sp³-hybridized carbons (Fsp3) is 0.400. The molecule has 0 aliphatic rings. The summed E-state index contributed by atoms with van der Waals surface area (Å²) in [5.74, 6) is 0.644. The summed E-state index contributed by atoms with van der Waals surface area (Å²) >= 11 is 0. The summed E-state index contributed by atoms with van der Waals surface area (Å²) in [5.41, 5.74) is 0.687. The first kappa shape index (κ1) is 12.1. The molecule has 3 nitrogen and oxygen atoms in total. The number of rotatable bonds is 4. The molecule has 0 saturated heterocycles. The molecule has 0 fully saturated rings. The van der Waals surface area contributed by atoms with Crippen molar-refractivity contribution in [3.8, 4) is 5.75 Å². The Morgan fingerprint density at radius 3 is 2.53 bits per heavy atom. The van der Waals surface area contributed by atoms with Crippen molar-refractivity contribution in [1.82, 2.24) is 0 Å². The third-order valence-corrected chi connectivity index (χ3v) is 3.19. The molecule has 0 atom stereocenters. The summed E-state index contributed by atoms with van der Waals surface area (Å²) < 4.78 is 27.9. The second-order valence-electron chi connectivity index (χ2n) is 3.34. The van der Waals surface area contributed by atoms with E-state index in [0.29, 0.717) is 29.1 Å². The average molecular weight is 224 g/mol. The summed E-state index contributed by atoms with van der Waals surface area (Å²) in [6.07, 6.45) is 1.63. The summed E-state index contributed by atoms with van der Waals surface area (Å²) in [6, 6.07) is 4.89. The molecule has 15 heavy (non-hydrogen) atoms. The summed E-state index contributed by atoms with van der Waals surface area (Å²) in [4.78, 5) is 0.336. The first-order valence-corrected chi connectivity index (χ1v) is 6.48. The van der Waals surface area contributed by atoms with E-state index in [1.807, 2.05) is 0 Å². The summed E-state index contributed by atoms with van der Waals surface area (Å²) in [5, 5.41) is 0. The molecule has 1 aromatic carbocycles. The molecule has 5 heteroatoms. The highest BCUT2D eigenvalue weighted by Crippen LogP contribution is 2.21. The molecule has 0 saturated carbocycles. The molecule has 80 valence electrons. The molecule has 0 N–H and O–H groups in total. The molecule has 0 heterocycles. The maximum atomic E-state index is 11.3. The number of aryl methyl sites for hydroxylation is 1. The number of ether oxygens (including phenoxy) is 1. The van der Waals surface area contributed by atoms with Crippen LogP contribution in [0.1, 0.15) is 5.56 Å². The zero-order valence-electron chi connectivity index (χ0n) is 8.86. The highest BCUT2D eigenvalue weighted by Gasteiger charge is 2.10. The summed E-state index contributed by atoms with van der Waals surface area (Å²) in [7, 11) is 2.14. The molecular formula is C10H13BO3S. The highest BCUT2D eigenvalue weighted by molar-refractivity contribution is 7.90. The Morgan fingerprint density at radius 2 is 2.07 bits per heavy atom. The van der Waals surface area contributed by atoms with Crippen molar-refractivity contribution in [3.05, 3.63) is 23.8 Å².